The number of hydrogen-bond donors (Lipinski definition) is 0. The second kappa shape index (κ2) is 8.06. The Morgan fingerprint density at radius 3 is 2.72 bits per heavy atom. The minimum Gasteiger partial charge on any atom is -0.380 e. The maximum absolute atomic E-state index is 11.7. The van der Waals surface area contributed by atoms with Crippen LogP contribution < -0.4 is 0 Å². The van der Waals surface area contributed by atoms with E-state index in [0.29, 0.717) is 26.1 Å². The Hall–Kier alpha value is -1.12. The molecule has 5 heteroatoms. The van der Waals surface area contributed by atoms with Gasteiger partial charge < -0.3 is 9.64 Å². The van der Waals surface area contributed by atoms with Crippen LogP contribution in [-0.4, -0.2) is 62.7 Å². The van der Waals surface area contributed by atoms with E-state index in [1.807, 2.05) is 18.0 Å². The molecular formula is C13H23N3O2. The van der Waals surface area contributed by atoms with Crippen LogP contribution in [-0.2, 0) is 9.53 Å². The van der Waals surface area contributed by atoms with Crippen molar-refractivity contribution in [3.05, 3.63) is 0 Å². The molecule has 0 aromatic rings. The van der Waals surface area contributed by atoms with Crippen LogP contribution in [0, 0.1) is 17.2 Å². The van der Waals surface area contributed by atoms with Gasteiger partial charge in [-0.1, -0.05) is 0 Å². The molecule has 1 aliphatic carbocycles. The first kappa shape index (κ1) is 14.9. The molecule has 5 nitrogen and oxygen atoms in total. The molecule has 1 aliphatic rings. The minimum absolute atomic E-state index is 0.0509. The molecule has 0 N–H and O–H groups in total. The molecule has 0 spiro atoms. The maximum Gasteiger partial charge on any atom is 0.236 e. The number of carbonyl (C=O) groups is 1. The zero-order chi connectivity index (χ0) is 13.4. The number of amides is 1. The molecule has 0 unspecified atom stereocenters. The van der Waals surface area contributed by atoms with Crippen LogP contribution in [0.15, 0.2) is 0 Å². The van der Waals surface area contributed by atoms with Crippen molar-refractivity contribution >= 4 is 5.91 Å². The van der Waals surface area contributed by atoms with Crippen LogP contribution >= 0.6 is 0 Å². The Morgan fingerprint density at radius 2 is 2.11 bits per heavy atom. The van der Waals surface area contributed by atoms with Crippen LogP contribution in [0.5, 0.6) is 0 Å². The Labute approximate surface area is 109 Å². The Balaban J connectivity index is 2.04. The molecule has 1 rings (SSSR count). The van der Waals surface area contributed by atoms with Gasteiger partial charge in [-0.3, -0.25) is 9.69 Å². The number of hydrogen-bond acceptors (Lipinski definition) is 4. The second-order valence-corrected chi connectivity index (χ2v) is 4.98. The number of carbonyl (C=O) groups excluding carboxylic acids is 1. The van der Waals surface area contributed by atoms with E-state index in [2.05, 4.69) is 0 Å². The first-order valence-corrected chi connectivity index (χ1v) is 6.50. The van der Waals surface area contributed by atoms with Crippen molar-refractivity contribution < 1.29 is 9.53 Å². The van der Waals surface area contributed by atoms with E-state index in [1.54, 1.807) is 11.9 Å². The highest BCUT2D eigenvalue weighted by Gasteiger charge is 2.21. The van der Waals surface area contributed by atoms with Gasteiger partial charge in [0.05, 0.1) is 25.6 Å². The van der Waals surface area contributed by atoms with Gasteiger partial charge in [0.1, 0.15) is 0 Å². The van der Waals surface area contributed by atoms with Gasteiger partial charge >= 0.3 is 0 Å². The fraction of sp³-hybridized carbons (Fsp3) is 0.846. The molecule has 0 radical (unpaired) electrons. The quantitative estimate of drug-likeness (QED) is 0.568. The second-order valence-electron chi connectivity index (χ2n) is 4.98. The SMILES string of the molecule is CN(CCOCC1CC1)CC(=O)N(C)CCC#N. The van der Waals surface area contributed by atoms with E-state index in [9.17, 15) is 4.79 Å². The summed E-state index contributed by atoms with van der Waals surface area (Å²) in [5.74, 6) is 0.837. The van der Waals surface area contributed by atoms with E-state index in [-0.39, 0.29) is 5.91 Å². The van der Waals surface area contributed by atoms with Gasteiger partial charge in [-0.25, -0.2) is 0 Å². The molecular weight excluding hydrogens is 230 g/mol. The van der Waals surface area contributed by atoms with Crippen molar-refractivity contribution in [2.75, 3.05) is 46.9 Å². The standard InChI is InChI=1S/C13H23N3O2/c1-15(8-9-18-11-12-4-5-12)10-13(17)16(2)7-3-6-14/h12H,3-5,7-11H2,1-2H3. The number of rotatable bonds is 9. The number of likely N-dealkylation sites (N-methyl/N-ethyl adjacent to an activating group) is 2. The van der Waals surface area contributed by atoms with Crippen molar-refractivity contribution in [3.63, 3.8) is 0 Å². The molecule has 18 heavy (non-hydrogen) atoms. The highest BCUT2D eigenvalue weighted by atomic mass is 16.5. The van der Waals surface area contributed by atoms with Crippen LogP contribution in [0.3, 0.4) is 0 Å². The summed E-state index contributed by atoms with van der Waals surface area (Å²) in [7, 11) is 3.65. The zero-order valence-corrected chi connectivity index (χ0v) is 11.4. The Morgan fingerprint density at radius 1 is 1.39 bits per heavy atom. The first-order chi connectivity index (χ1) is 8.63. The molecule has 0 aromatic carbocycles. The summed E-state index contributed by atoms with van der Waals surface area (Å²) in [6, 6.07) is 2.04. The summed E-state index contributed by atoms with van der Waals surface area (Å²) < 4.78 is 5.53. The molecule has 1 amide bonds. The average molecular weight is 253 g/mol. The topological polar surface area (TPSA) is 56.6 Å². The average Bonchev–Trinajstić information content (AvgIpc) is 3.15. The molecule has 1 fully saturated rings. The van der Waals surface area contributed by atoms with Gasteiger partial charge in [0.2, 0.25) is 5.91 Å². The molecule has 102 valence electrons. The number of nitrogens with zero attached hydrogens (tertiary/aromatic N) is 3. The molecule has 0 heterocycles. The lowest BCUT2D eigenvalue weighted by atomic mass is 10.4. The third-order valence-electron chi connectivity index (χ3n) is 3.06. The molecule has 0 saturated heterocycles. The van der Waals surface area contributed by atoms with Crippen LogP contribution in [0.4, 0.5) is 0 Å². The van der Waals surface area contributed by atoms with Gasteiger partial charge in [0, 0.05) is 26.7 Å². The maximum atomic E-state index is 11.7. The fourth-order valence-corrected chi connectivity index (χ4v) is 1.53. The summed E-state index contributed by atoms with van der Waals surface area (Å²) in [5.41, 5.74) is 0. The summed E-state index contributed by atoms with van der Waals surface area (Å²) in [4.78, 5) is 15.3. The molecule has 0 aromatic heterocycles. The van der Waals surface area contributed by atoms with E-state index in [0.717, 1.165) is 19.1 Å². The Bertz CT molecular complexity index is 297. The van der Waals surface area contributed by atoms with Crippen LogP contribution in [0.2, 0.25) is 0 Å². The first-order valence-electron chi connectivity index (χ1n) is 6.50. The summed E-state index contributed by atoms with van der Waals surface area (Å²) in [6.07, 6.45) is 2.99. The highest BCUT2D eigenvalue weighted by Crippen LogP contribution is 2.28. The van der Waals surface area contributed by atoms with Crippen molar-refractivity contribution in [1.29, 1.82) is 5.26 Å². The van der Waals surface area contributed by atoms with Gasteiger partial charge in [0.15, 0.2) is 0 Å². The van der Waals surface area contributed by atoms with Crippen molar-refractivity contribution in [2.24, 2.45) is 5.92 Å². The summed E-state index contributed by atoms with van der Waals surface area (Å²) >= 11 is 0. The van der Waals surface area contributed by atoms with Crippen molar-refractivity contribution in [2.45, 2.75) is 19.3 Å². The van der Waals surface area contributed by atoms with Crippen molar-refractivity contribution in [1.82, 2.24) is 9.80 Å². The van der Waals surface area contributed by atoms with Crippen LogP contribution in [0.1, 0.15) is 19.3 Å². The fourth-order valence-electron chi connectivity index (χ4n) is 1.53. The molecule has 0 aliphatic heterocycles. The normalized spacial score (nSPS) is 14.6. The summed E-state index contributed by atoms with van der Waals surface area (Å²) in [6.45, 7) is 3.20. The van der Waals surface area contributed by atoms with Gasteiger partial charge in [0.25, 0.3) is 0 Å². The van der Waals surface area contributed by atoms with E-state index >= 15 is 0 Å². The van der Waals surface area contributed by atoms with Crippen molar-refractivity contribution in [3.8, 4) is 6.07 Å². The smallest absolute Gasteiger partial charge is 0.236 e. The molecule has 0 bridgehead atoms. The zero-order valence-electron chi connectivity index (χ0n) is 11.4. The van der Waals surface area contributed by atoms with Gasteiger partial charge in [-0.2, -0.15) is 5.26 Å². The lowest BCUT2D eigenvalue weighted by molar-refractivity contribution is -0.130. The molecule has 0 atom stereocenters. The third-order valence-corrected chi connectivity index (χ3v) is 3.06. The van der Waals surface area contributed by atoms with Crippen LogP contribution in [0.25, 0.3) is 0 Å². The number of nitriles is 1. The van der Waals surface area contributed by atoms with Gasteiger partial charge in [-0.15, -0.1) is 0 Å². The summed E-state index contributed by atoms with van der Waals surface area (Å²) in [5, 5.41) is 8.46. The third kappa shape index (κ3) is 6.58. The minimum atomic E-state index is 0.0509. The number of ether oxygens (including phenoxy) is 1. The largest absolute Gasteiger partial charge is 0.380 e. The highest BCUT2D eigenvalue weighted by molar-refractivity contribution is 5.77. The molecule has 1 saturated carbocycles. The lowest BCUT2D eigenvalue weighted by Gasteiger charge is -2.21. The van der Waals surface area contributed by atoms with E-state index in [4.69, 9.17) is 10.00 Å². The predicted molar refractivity (Wildman–Crippen MR) is 68.9 cm³/mol. The predicted octanol–water partition coefficient (Wildman–Crippen LogP) is 0.717. The van der Waals surface area contributed by atoms with E-state index in [1.165, 1.54) is 12.8 Å². The van der Waals surface area contributed by atoms with Gasteiger partial charge in [-0.05, 0) is 25.8 Å². The monoisotopic (exact) mass is 253 g/mol. The van der Waals surface area contributed by atoms with E-state index < -0.39 is 0 Å². The Kier molecular flexibility index (Phi) is 6.69. The lowest BCUT2D eigenvalue weighted by Crippen LogP contribution is -2.38.